The SMILES string of the molecule is O=C(/C=C/c1ccccc1Cl)NCc1nnc2ccc(-c3ccsc3)nn12. The van der Waals surface area contributed by atoms with Crippen molar-refractivity contribution in [1.29, 1.82) is 0 Å². The Hall–Kier alpha value is -3.03. The van der Waals surface area contributed by atoms with Gasteiger partial charge < -0.3 is 5.32 Å². The molecule has 0 radical (unpaired) electrons. The predicted molar refractivity (Wildman–Crippen MR) is 106 cm³/mol. The Morgan fingerprint density at radius 3 is 2.89 bits per heavy atom. The number of amides is 1. The number of rotatable bonds is 5. The molecule has 0 atom stereocenters. The first-order valence-electron chi connectivity index (χ1n) is 8.15. The average Bonchev–Trinajstić information content (AvgIpc) is 3.35. The van der Waals surface area contributed by atoms with Crippen LogP contribution < -0.4 is 5.32 Å². The van der Waals surface area contributed by atoms with Crippen LogP contribution in [0.1, 0.15) is 11.4 Å². The van der Waals surface area contributed by atoms with Crippen molar-refractivity contribution in [1.82, 2.24) is 25.1 Å². The van der Waals surface area contributed by atoms with Crippen molar-refractivity contribution in [2.75, 3.05) is 0 Å². The molecule has 4 aromatic rings. The second kappa shape index (κ2) is 7.69. The number of fused-ring (bicyclic) bond motifs is 1. The lowest BCUT2D eigenvalue weighted by atomic mass is 10.2. The van der Waals surface area contributed by atoms with Gasteiger partial charge >= 0.3 is 0 Å². The number of hydrogen-bond donors (Lipinski definition) is 1. The Balaban J connectivity index is 1.48. The summed E-state index contributed by atoms with van der Waals surface area (Å²) in [5, 5.41) is 20.2. The maximum atomic E-state index is 12.1. The molecule has 0 bridgehead atoms. The second-order valence-corrected chi connectivity index (χ2v) is 6.88. The molecule has 0 saturated carbocycles. The van der Waals surface area contributed by atoms with Gasteiger partial charge in [-0.1, -0.05) is 29.8 Å². The minimum absolute atomic E-state index is 0.215. The van der Waals surface area contributed by atoms with Gasteiger partial charge in [0.05, 0.1) is 12.2 Å². The molecule has 0 fully saturated rings. The molecule has 3 heterocycles. The van der Waals surface area contributed by atoms with Crippen molar-refractivity contribution in [3.63, 3.8) is 0 Å². The topological polar surface area (TPSA) is 72.2 Å². The van der Waals surface area contributed by atoms with Crippen LogP contribution in [0.2, 0.25) is 5.02 Å². The molecular weight excluding hydrogens is 382 g/mol. The van der Waals surface area contributed by atoms with Gasteiger partial charge in [-0.15, -0.1) is 10.2 Å². The Bertz CT molecular complexity index is 1120. The number of hydrogen-bond acceptors (Lipinski definition) is 5. The van der Waals surface area contributed by atoms with Gasteiger partial charge in [0.25, 0.3) is 0 Å². The molecule has 134 valence electrons. The molecule has 0 aliphatic heterocycles. The first kappa shape index (κ1) is 17.4. The molecule has 0 saturated heterocycles. The van der Waals surface area contributed by atoms with Crippen molar-refractivity contribution in [3.05, 3.63) is 75.7 Å². The molecule has 1 amide bonds. The van der Waals surface area contributed by atoms with Crippen LogP contribution in [-0.4, -0.2) is 25.7 Å². The minimum Gasteiger partial charge on any atom is -0.345 e. The Morgan fingerprint density at radius 2 is 2.07 bits per heavy atom. The summed E-state index contributed by atoms with van der Waals surface area (Å²) in [5.74, 6) is 0.308. The Labute approximate surface area is 164 Å². The third-order valence-corrected chi connectivity index (χ3v) is 4.91. The maximum Gasteiger partial charge on any atom is 0.244 e. The number of halogens is 1. The van der Waals surface area contributed by atoms with Gasteiger partial charge in [-0.2, -0.15) is 21.0 Å². The highest BCUT2D eigenvalue weighted by Gasteiger charge is 2.09. The minimum atomic E-state index is -0.249. The monoisotopic (exact) mass is 395 g/mol. The predicted octanol–water partition coefficient (Wildman–Crippen LogP) is 3.84. The van der Waals surface area contributed by atoms with Gasteiger partial charge in [0.1, 0.15) is 0 Å². The van der Waals surface area contributed by atoms with E-state index in [1.54, 1.807) is 28.0 Å². The molecule has 0 aliphatic carbocycles. The van der Waals surface area contributed by atoms with Crippen LogP contribution in [0.25, 0.3) is 23.0 Å². The number of aromatic nitrogens is 4. The molecule has 0 spiro atoms. The van der Waals surface area contributed by atoms with E-state index in [0.717, 1.165) is 16.8 Å². The number of carbonyl (C=O) groups is 1. The van der Waals surface area contributed by atoms with Crippen molar-refractivity contribution < 1.29 is 4.79 Å². The van der Waals surface area contributed by atoms with Gasteiger partial charge in [0.15, 0.2) is 11.5 Å². The smallest absolute Gasteiger partial charge is 0.244 e. The van der Waals surface area contributed by atoms with Crippen molar-refractivity contribution >= 4 is 40.6 Å². The van der Waals surface area contributed by atoms with Gasteiger partial charge in [-0.25, -0.2) is 0 Å². The number of carbonyl (C=O) groups excluding carboxylic acids is 1. The van der Waals surface area contributed by atoms with Crippen LogP contribution in [0, 0.1) is 0 Å². The summed E-state index contributed by atoms with van der Waals surface area (Å²) in [7, 11) is 0. The zero-order chi connectivity index (χ0) is 18.6. The molecule has 0 aliphatic rings. The molecule has 27 heavy (non-hydrogen) atoms. The van der Waals surface area contributed by atoms with Crippen LogP contribution in [0.3, 0.4) is 0 Å². The van der Waals surface area contributed by atoms with Crippen molar-refractivity contribution in [2.24, 2.45) is 0 Å². The van der Waals surface area contributed by atoms with E-state index in [-0.39, 0.29) is 12.5 Å². The Kier molecular flexibility index (Phi) is 4.95. The fourth-order valence-corrected chi connectivity index (χ4v) is 3.36. The summed E-state index contributed by atoms with van der Waals surface area (Å²) < 4.78 is 1.64. The van der Waals surface area contributed by atoms with E-state index in [1.165, 1.54) is 6.08 Å². The standard InChI is InChI=1S/C19H14ClN5OS/c20-15-4-2-1-3-13(15)5-8-19(26)21-11-18-23-22-17-7-6-16(24-25(17)18)14-9-10-27-12-14/h1-10,12H,11H2,(H,21,26)/b8-5+. The van der Waals surface area contributed by atoms with E-state index in [1.807, 2.05) is 47.2 Å². The van der Waals surface area contributed by atoms with E-state index in [2.05, 4.69) is 20.6 Å². The lowest BCUT2D eigenvalue weighted by Crippen LogP contribution is -2.22. The second-order valence-electron chi connectivity index (χ2n) is 5.69. The van der Waals surface area contributed by atoms with Gasteiger partial charge in [0, 0.05) is 22.0 Å². The molecule has 0 unspecified atom stereocenters. The highest BCUT2D eigenvalue weighted by atomic mass is 35.5. The highest BCUT2D eigenvalue weighted by Crippen LogP contribution is 2.20. The van der Waals surface area contributed by atoms with Gasteiger partial charge in [-0.05, 0) is 41.3 Å². The third kappa shape index (κ3) is 3.89. The summed E-state index contributed by atoms with van der Waals surface area (Å²) >= 11 is 7.69. The van der Waals surface area contributed by atoms with Gasteiger partial charge in [0.2, 0.25) is 5.91 Å². The van der Waals surface area contributed by atoms with E-state index < -0.39 is 0 Å². The summed E-state index contributed by atoms with van der Waals surface area (Å²) in [4.78, 5) is 12.1. The zero-order valence-corrected chi connectivity index (χ0v) is 15.6. The summed E-state index contributed by atoms with van der Waals surface area (Å²) in [6, 6.07) is 13.1. The highest BCUT2D eigenvalue weighted by molar-refractivity contribution is 7.08. The van der Waals surface area contributed by atoms with E-state index >= 15 is 0 Å². The molecule has 8 heteroatoms. The lowest BCUT2D eigenvalue weighted by Gasteiger charge is -2.03. The fraction of sp³-hybridized carbons (Fsp3) is 0.0526. The molecule has 4 rings (SSSR count). The van der Waals surface area contributed by atoms with E-state index in [0.29, 0.717) is 16.5 Å². The number of thiophene rings is 1. The Morgan fingerprint density at radius 1 is 1.19 bits per heavy atom. The maximum absolute atomic E-state index is 12.1. The quantitative estimate of drug-likeness (QED) is 0.521. The normalized spacial score (nSPS) is 11.3. The first-order valence-corrected chi connectivity index (χ1v) is 9.47. The van der Waals surface area contributed by atoms with Crippen molar-refractivity contribution in [3.8, 4) is 11.3 Å². The van der Waals surface area contributed by atoms with Crippen LogP contribution >= 0.6 is 22.9 Å². The summed E-state index contributed by atoms with van der Waals surface area (Å²) in [6.45, 7) is 0.215. The molecule has 3 aromatic heterocycles. The number of nitrogens with zero attached hydrogens (tertiary/aromatic N) is 4. The van der Waals surface area contributed by atoms with Crippen LogP contribution in [0.5, 0.6) is 0 Å². The zero-order valence-electron chi connectivity index (χ0n) is 14.0. The van der Waals surface area contributed by atoms with E-state index in [9.17, 15) is 4.79 Å². The van der Waals surface area contributed by atoms with Crippen LogP contribution in [0.15, 0.2) is 59.3 Å². The van der Waals surface area contributed by atoms with Gasteiger partial charge in [-0.3, -0.25) is 4.79 Å². The summed E-state index contributed by atoms with van der Waals surface area (Å²) in [5.41, 5.74) is 3.28. The average molecular weight is 396 g/mol. The molecular formula is C19H14ClN5OS. The summed E-state index contributed by atoms with van der Waals surface area (Å²) in [6.07, 6.45) is 3.11. The molecule has 1 N–H and O–H groups in total. The molecule has 6 nitrogen and oxygen atoms in total. The van der Waals surface area contributed by atoms with E-state index in [4.69, 9.17) is 11.6 Å². The third-order valence-electron chi connectivity index (χ3n) is 3.88. The molecule has 1 aromatic carbocycles. The lowest BCUT2D eigenvalue weighted by molar-refractivity contribution is -0.116. The largest absolute Gasteiger partial charge is 0.345 e. The number of nitrogens with one attached hydrogen (secondary N) is 1. The van der Waals surface area contributed by atoms with Crippen LogP contribution in [0.4, 0.5) is 0 Å². The van der Waals surface area contributed by atoms with Crippen LogP contribution in [-0.2, 0) is 11.3 Å². The van der Waals surface area contributed by atoms with Crippen molar-refractivity contribution in [2.45, 2.75) is 6.54 Å². The first-order chi connectivity index (χ1) is 13.2. The number of benzene rings is 1. The fourth-order valence-electron chi connectivity index (χ4n) is 2.51.